The van der Waals surface area contributed by atoms with E-state index in [-0.39, 0.29) is 5.91 Å². The van der Waals surface area contributed by atoms with Crippen molar-refractivity contribution in [1.82, 2.24) is 15.1 Å². The van der Waals surface area contributed by atoms with Gasteiger partial charge >= 0.3 is 0 Å². The fourth-order valence-corrected chi connectivity index (χ4v) is 1.41. The molecule has 1 fully saturated rings. The molecule has 0 saturated carbocycles. The SMILES string of the molecule is C#CCN(C)C(=O)CN1CCNCC1. The second-order valence-corrected chi connectivity index (χ2v) is 3.48. The third kappa shape index (κ3) is 3.36. The molecule has 0 radical (unpaired) electrons. The van der Waals surface area contributed by atoms with Crippen LogP contribution in [0.15, 0.2) is 0 Å². The Bertz CT molecular complexity index is 228. The van der Waals surface area contributed by atoms with Gasteiger partial charge in [0.05, 0.1) is 13.1 Å². The molecule has 0 atom stereocenters. The van der Waals surface area contributed by atoms with Crippen LogP contribution >= 0.6 is 0 Å². The molecule has 78 valence electrons. The van der Waals surface area contributed by atoms with E-state index in [9.17, 15) is 4.79 Å². The van der Waals surface area contributed by atoms with Crippen LogP contribution in [0.1, 0.15) is 0 Å². The molecule has 0 aromatic heterocycles. The molecule has 0 unspecified atom stereocenters. The Labute approximate surface area is 85.2 Å². The minimum Gasteiger partial charge on any atom is -0.334 e. The van der Waals surface area contributed by atoms with Crippen LogP contribution in [0.5, 0.6) is 0 Å². The molecule has 1 aliphatic rings. The van der Waals surface area contributed by atoms with E-state index in [0.717, 1.165) is 26.2 Å². The largest absolute Gasteiger partial charge is 0.334 e. The van der Waals surface area contributed by atoms with Crippen LogP contribution < -0.4 is 5.32 Å². The van der Waals surface area contributed by atoms with Crippen LogP contribution in [0.25, 0.3) is 0 Å². The molecule has 0 bridgehead atoms. The summed E-state index contributed by atoms with van der Waals surface area (Å²) in [5, 5.41) is 3.24. The molecule has 14 heavy (non-hydrogen) atoms. The minimum atomic E-state index is 0.102. The summed E-state index contributed by atoms with van der Waals surface area (Å²) in [6, 6.07) is 0. The zero-order valence-corrected chi connectivity index (χ0v) is 8.62. The van der Waals surface area contributed by atoms with Crippen molar-refractivity contribution in [3.05, 3.63) is 0 Å². The highest BCUT2D eigenvalue weighted by Gasteiger charge is 2.15. The highest BCUT2D eigenvalue weighted by atomic mass is 16.2. The Balaban J connectivity index is 2.28. The standard InChI is InChI=1S/C10H17N3O/c1-3-6-12(2)10(14)9-13-7-4-11-5-8-13/h1,11H,4-9H2,2H3. The molecular weight excluding hydrogens is 178 g/mol. The average Bonchev–Trinajstić information content (AvgIpc) is 2.19. The van der Waals surface area contributed by atoms with E-state index in [1.54, 1.807) is 11.9 Å². The van der Waals surface area contributed by atoms with Crippen molar-refractivity contribution < 1.29 is 4.79 Å². The van der Waals surface area contributed by atoms with Gasteiger partial charge in [0.15, 0.2) is 0 Å². The quantitative estimate of drug-likeness (QED) is 0.586. The fraction of sp³-hybridized carbons (Fsp3) is 0.700. The number of rotatable bonds is 3. The molecule has 1 rings (SSSR count). The number of nitrogens with zero attached hydrogens (tertiary/aromatic N) is 2. The van der Waals surface area contributed by atoms with Gasteiger partial charge in [-0.25, -0.2) is 0 Å². The Kier molecular flexibility index (Phi) is 4.44. The van der Waals surface area contributed by atoms with E-state index in [4.69, 9.17) is 6.42 Å². The fourth-order valence-electron chi connectivity index (χ4n) is 1.41. The van der Waals surface area contributed by atoms with Crippen molar-refractivity contribution in [2.75, 3.05) is 46.3 Å². The summed E-state index contributed by atoms with van der Waals surface area (Å²) in [6.45, 7) is 4.69. The summed E-state index contributed by atoms with van der Waals surface area (Å²) in [6.07, 6.45) is 5.13. The summed E-state index contributed by atoms with van der Waals surface area (Å²) in [5.41, 5.74) is 0. The second-order valence-electron chi connectivity index (χ2n) is 3.48. The van der Waals surface area contributed by atoms with Gasteiger partial charge in [0.25, 0.3) is 0 Å². The zero-order chi connectivity index (χ0) is 10.4. The number of nitrogens with one attached hydrogen (secondary N) is 1. The van der Waals surface area contributed by atoms with Crippen LogP contribution in [-0.2, 0) is 4.79 Å². The minimum absolute atomic E-state index is 0.102. The Hall–Kier alpha value is -1.05. The number of piperazine rings is 1. The molecule has 1 N–H and O–H groups in total. The van der Waals surface area contributed by atoms with Crippen LogP contribution in [0.2, 0.25) is 0 Å². The van der Waals surface area contributed by atoms with E-state index in [1.807, 2.05) is 0 Å². The molecular formula is C10H17N3O. The molecule has 1 heterocycles. The molecule has 1 aliphatic heterocycles. The lowest BCUT2D eigenvalue weighted by Crippen LogP contribution is -2.47. The predicted octanol–water partition coefficient (Wildman–Crippen LogP) is -1.02. The van der Waals surface area contributed by atoms with Crippen LogP contribution in [-0.4, -0.2) is 62.0 Å². The van der Waals surface area contributed by atoms with Gasteiger partial charge in [0.2, 0.25) is 5.91 Å². The summed E-state index contributed by atoms with van der Waals surface area (Å²) < 4.78 is 0. The Morgan fingerprint density at radius 1 is 1.57 bits per heavy atom. The van der Waals surface area contributed by atoms with Gasteiger partial charge in [-0.3, -0.25) is 9.69 Å². The predicted molar refractivity (Wildman–Crippen MR) is 55.8 cm³/mol. The highest BCUT2D eigenvalue weighted by Crippen LogP contribution is 1.94. The summed E-state index contributed by atoms with van der Waals surface area (Å²) in [5.74, 6) is 2.56. The van der Waals surface area contributed by atoms with Gasteiger partial charge in [-0.2, -0.15) is 0 Å². The second kappa shape index (κ2) is 5.63. The summed E-state index contributed by atoms with van der Waals surface area (Å²) >= 11 is 0. The zero-order valence-electron chi connectivity index (χ0n) is 8.62. The topological polar surface area (TPSA) is 35.6 Å². The van der Waals surface area contributed by atoms with Crippen LogP contribution in [0.3, 0.4) is 0 Å². The lowest BCUT2D eigenvalue weighted by molar-refractivity contribution is -0.130. The number of carbonyl (C=O) groups is 1. The molecule has 0 aromatic rings. The smallest absolute Gasteiger partial charge is 0.237 e. The number of amides is 1. The number of likely N-dealkylation sites (N-methyl/N-ethyl adjacent to an activating group) is 1. The molecule has 1 saturated heterocycles. The van der Waals surface area contributed by atoms with Crippen molar-refractivity contribution in [2.24, 2.45) is 0 Å². The van der Waals surface area contributed by atoms with E-state index in [2.05, 4.69) is 16.1 Å². The highest BCUT2D eigenvalue weighted by molar-refractivity contribution is 5.78. The van der Waals surface area contributed by atoms with E-state index >= 15 is 0 Å². The number of carbonyl (C=O) groups excluding carboxylic acids is 1. The van der Waals surface area contributed by atoms with Crippen molar-refractivity contribution >= 4 is 5.91 Å². The average molecular weight is 195 g/mol. The maximum absolute atomic E-state index is 11.6. The number of hydrogen-bond donors (Lipinski definition) is 1. The molecule has 0 aromatic carbocycles. The summed E-state index contributed by atoms with van der Waals surface area (Å²) in [4.78, 5) is 15.3. The van der Waals surface area contributed by atoms with Crippen molar-refractivity contribution in [2.45, 2.75) is 0 Å². The number of terminal acetylenes is 1. The molecule has 4 heteroatoms. The third-order valence-electron chi connectivity index (χ3n) is 2.32. The monoisotopic (exact) mass is 195 g/mol. The molecule has 1 amide bonds. The number of hydrogen-bond acceptors (Lipinski definition) is 3. The summed E-state index contributed by atoms with van der Waals surface area (Å²) in [7, 11) is 1.74. The molecule has 0 spiro atoms. The maximum atomic E-state index is 11.6. The van der Waals surface area contributed by atoms with Gasteiger partial charge < -0.3 is 10.2 Å². The first-order valence-corrected chi connectivity index (χ1v) is 4.84. The Morgan fingerprint density at radius 3 is 2.79 bits per heavy atom. The van der Waals surface area contributed by atoms with Crippen molar-refractivity contribution in [3.63, 3.8) is 0 Å². The van der Waals surface area contributed by atoms with Gasteiger partial charge in [0, 0.05) is 33.2 Å². The van der Waals surface area contributed by atoms with E-state index < -0.39 is 0 Å². The first-order chi connectivity index (χ1) is 6.74. The maximum Gasteiger partial charge on any atom is 0.237 e. The Morgan fingerprint density at radius 2 is 2.21 bits per heavy atom. The molecule has 0 aliphatic carbocycles. The lowest BCUT2D eigenvalue weighted by atomic mass is 10.3. The van der Waals surface area contributed by atoms with Gasteiger partial charge in [-0.15, -0.1) is 6.42 Å². The van der Waals surface area contributed by atoms with Crippen molar-refractivity contribution in [1.29, 1.82) is 0 Å². The normalized spacial score (nSPS) is 17.4. The van der Waals surface area contributed by atoms with Crippen molar-refractivity contribution in [3.8, 4) is 12.3 Å². The van der Waals surface area contributed by atoms with Gasteiger partial charge in [-0.1, -0.05) is 5.92 Å². The first-order valence-electron chi connectivity index (χ1n) is 4.84. The van der Waals surface area contributed by atoms with Crippen LogP contribution in [0.4, 0.5) is 0 Å². The van der Waals surface area contributed by atoms with Crippen LogP contribution in [0, 0.1) is 12.3 Å². The first kappa shape index (κ1) is 11.0. The van der Waals surface area contributed by atoms with Gasteiger partial charge in [-0.05, 0) is 0 Å². The molecule has 4 nitrogen and oxygen atoms in total. The van der Waals surface area contributed by atoms with E-state index in [0.29, 0.717) is 13.1 Å². The van der Waals surface area contributed by atoms with E-state index in [1.165, 1.54) is 0 Å². The van der Waals surface area contributed by atoms with Gasteiger partial charge in [0.1, 0.15) is 0 Å². The lowest BCUT2D eigenvalue weighted by Gasteiger charge is -2.28. The third-order valence-corrected chi connectivity index (χ3v) is 2.32.